The van der Waals surface area contributed by atoms with Gasteiger partial charge in [0, 0.05) is 11.5 Å². The summed E-state index contributed by atoms with van der Waals surface area (Å²) in [5.74, 6) is 2.14. The molecular weight excluding hydrogens is 483 g/mol. The topological polar surface area (TPSA) is 40.0 Å². The molecule has 4 aliphatic carbocycles. The summed E-state index contributed by atoms with van der Waals surface area (Å²) in [5, 5.41) is 4.94. The lowest BCUT2D eigenvalue weighted by Gasteiger charge is -2.57. The van der Waals surface area contributed by atoms with Crippen LogP contribution in [0.1, 0.15) is 58.8 Å². The molecule has 7 atom stereocenters. The van der Waals surface area contributed by atoms with Gasteiger partial charge in [-0.3, -0.25) is 0 Å². The summed E-state index contributed by atoms with van der Waals surface area (Å²) in [5.41, 5.74) is 3.39. The SMILES string of the molecule is C[C@]12CC[C@H](O[Si](C)(C)C)CC1=CC[C@@H]1[C@@H]2CC[C@]2(C)/C(=N/O[Si](C)(C)C)[C@@H](O[Si](C)(C)C)C[C@@H]12. The minimum atomic E-state index is -1.75. The van der Waals surface area contributed by atoms with Gasteiger partial charge in [0.05, 0.1) is 11.8 Å². The van der Waals surface area contributed by atoms with E-state index in [0.717, 1.165) is 24.7 Å². The Labute approximate surface area is 219 Å². The molecule has 3 saturated carbocycles. The molecule has 4 aliphatic rings. The molecule has 0 radical (unpaired) electrons. The fourth-order valence-electron chi connectivity index (χ4n) is 7.89. The van der Waals surface area contributed by atoms with Crippen LogP contribution in [-0.2, 0) is 13.4 Å². The summed E-state index contributed by atoms with van der Waals surface area (Å²) in [6.45, 7) is 25.7. The van der Waals surface area contributed by atoms with Gasteiger partial charge in [0.2, 0.25) is 0 Å². The molecule has 3 fully saturated rings. The van der Waals surface area contributed by atoms with E-state index in [4.69, 9.17) is 18.5 Å². The van der Waals surface area contributed by atoms with Gasteiger partial charge in [-0.15, -0.1) is 5.16 Å². The normalized spacial score (nSPS) is 41.2. The molecule has 0 saturated heterocycles. The standard InChI is InChI=1S/C28H53NO3Si3/c1-27-16-14-21(30-33(3,4)5)18-20(27)12-13-22-23(27)15-17-28(2)24(22)19-25(31-34(6,7)8)26(28)29-32-35(9,10)11/h12,21-25H,13-19H2,1-11H3/b29-26+/t21-,22+,23-,24-,25-,27-,28-/m0/s1. The van der Waals surface area contributed by atoms with Crippen LogP contribution in [0, 0.1) is 28.6 Å². The van der Waals surface area contributed by atoms with Crippen LogP contribution < -0.4 is 0 Å². The Bertz CT molecular complexity index is 868. The Kier molecular flexibility index (Phi) is 7.32. The van der Waals surface area contributed by atoms with Gasteiger partial charge in [0.15, 0.2) is 16.6 Å². The van der Waals surface area contributed by atoms with Crippen LogP contribution in [0.2, 0.25) is 58.9 Å². The van der Waals surface area contributed by atoms with Crippen LogP contribution in [0.15, 0.2) is 16.8 Å². The molecule has 35 heavy (non-hydrogen) atoms. The third-order valence-corrected chi connectivity index (χ3v) is 11.9. The second-order valence-electron chi connectivity index (χ2n) is 15.4. The molecule has 4 rings (SSSR count). The summed E-state index contributed by atoms with van der Waals surface area (Å²) in [4.78, 5) is 0. The third-order valence-electron chi connectivity index (χ3n) is 9.24. The lowest BCUT2D eigenvalue weighted by Crippen LogP contribution is -2.51. The number of fused-ring (bicyclic) bond motifs is 5. The highest BCUT2D eigenvalue weighted by Crippen LogP contribution is 2.64. The number of hydrogen-bond donors (Lipinski definition) is 0. The molecule has 0 N–H and O–H groups in total. The molecule has 0 aromatic heterocycles. The summed E-state index contributed by atoms with van der Waals surface area (Å²) >= 11 is 0. The van der Waals surface area contributed by atoms with Crippen molar-refractivity contribution in [1.29, 1.82) is 0 Å². The van der Waals surface area contributed by atoms with Crippen molar-refractivity contribution in [3.05, 3.63) is 11.6 Å². The first kappa shape index (κ1) is 27.8. The smallest absolute Gasteiger partial charge is 0.278 e. The summed E-state index contributed by atoms with van der Waals surface area (Å²) in [7, 11) is -4.95. The van der Waals surface area contributed by atoms with Gasteiger partial charge >= 0.3 is 0 Å². The lowest BCUT2D eigenvalue weighted by molar-refractivity contribution is -0.0213. The molecule has 0 aromatic carbocycles. The summed E-state index contributed by atoms with van der Waals surface area (Å²) < 4.78 is 19.6. The molecule has 4 nitrogen and oxygen atoms in total. The predicted octanol–water partition coefficient (Wildman–Crippen LogP) is 8.21. The highest BCUT2D eigenvalue weighted by Gasteiger charge is 2.61. The highest BCUT2D eigenvalue weighted by atomic mass is 28.4. The van der Waals surface area contributed by atoms with Gasteiger partial charge < -0.3 is 13.4 Å². The van der Waals surface area contributed by atoms with Gasteiger partial charge in [0.25, 0.3) is 8.32 Å². The Morgan fingerprint density at radius 1 is 0.800 bits per heavy atom. The molecule has 0 amide bonds. The van der Waals surface area contributed by atoms with E-state index in [1.165, 1.54) is 37.8 Å². The third kappa shape index (κ3) is 5.79. The quantitative estimate of drug-likeness (QED) is 0.195. The highest BCUT2D eigenvalue weighted by molar-refractivity contribution is 6.70. The van der Waals surface area contributed by atoms with E-state index < -0.39 is 25.0 Å². The summed E-state index contributed by atoms with van der Waals surface area (Å²) in [6.07, 6.45) is 11.7. The van der Waals surface area contributed by atoms with Crippen molar-refractivity contribution in [3.8, 4) is 0 Å². The van der Waals surface area contributed by atoms with E-state index in [9.17, 15) is 0 Å². The van der Waals surface area contributed by atoms with E-state index in [-0.39, 0.29) is 11.5 Å². The number of allylic oxidation sites excluding steroid dienone is 1. The predicted molar refractivity (Wildman–Crippen MR) is 155 cm³/mol. The molecule has 0 aliphatic heterocycles. The van der Waals surface area contributed by atoms with Crippen molar-refractivity contribution in [2.24, 2.45) is 33.7 Å². The van der Waals surface area contributed by atoms with Crippen molar-refractivity contribution in [3.63, 3.8) is 0 Å². The Morgan fingerprint density at radius 2 is 1.43 bits per heavy atom. The van der Waals surface area contributed by atoms with E-state index in [1.54, 1.807) is 5.57 Å². The van der Waals surface area contributed by atoms with Crippen LogP contribution in [0.4, 0.5) is 0 Å². The van der Waals surface area contributed by atoms with Crippen LogP contribution in [0.5, 0.6) is 0 Å². The summed E-state index contributed by atoms with van der Waals surface area (Å²) in [6, 6.07) is 0. The van der Waals surface area contributed by atoms with Crippen molar-refractivity contribution < 1.29 is 13.4 Å². The second-order valence-corrected chi connectivity index (χ2v) is 28.8. The maximum Gasteiger partial charge on any atom is 0.278 e. The number of hydrogen-bond acceptors (Lipinski definition) is 4. The average Bonchev–Trinajstić information content (AvgIpc) is 2.94. The maximum absolute atomic E-state index is 6.82. The van der Waals surface area contributed by atoms with E-state index in [0.29, 0.717) is 17.4 Å². The van der Waals surface area contributed by atoms with Crippen LogP contribution >= 0.6 is 0 Å². The Morgan fingerprint density at radius 3 is 2.03 bits per heavy atom. The van der Waals surface area contributed by atoms with Crippen LogP contribution in [0.3, 0.4) is 0 Å². The van der Waals surface area contributed by atoms with Crippen molar-refractivity contribution in [1.82, 2.24) is 0 Å². The molecule has 0 spiro atoms. The van der Waals surface area contributed by atoms with Crippen LogP contribution in [0.25, 0.3) is 0 Å². The Balaban J connectivity index is 1.62. The lowest BCUT2D eigenvalue weighted by atomic mass is 9.48. The van der Waals surface area contributed by atoms with Gasteiger partial charge in [-0.25, -0.2) is 0 Å². The zero-order valence-corrected chi connectivity index (χ0v) is 27.6. The van der Waals surface area contributed by atoms with Crippen molar-refractivity contribution >= 4 is 30.7 Å². The van der Waals surface area contributed by atoms with Gasteiger partial charge in [-0.1, -0.05) is 25.5 Å². The first-order valence-electron chi connectivity index (χ1n) is 14.2. The number of nitrogens with zero attached hydrogens (tertiary/aromatic N) is 1. The van der Waals surface area contributed by atoms with Crippen LogP contribution in [-0.4, -0.2) is 42.9 Å². The van der Waals surface area contributed by atoms with E-state index in [2.05, 4.69) is 78.8 Å². The monoisotopic (exact) mass is 535 g/mol. The Hall–Kier alpha value is -0.219. The molecule has 0 heterocycles. The van der Waals surface area contributed by atoms with Crippen molar-refractivity contribution in [2.75, 3.05) is 0 Å². The maximum atomic E-state index is 6.82. The fourth-order valence-corrected chi connectivity index (χ4v) is 10.5. The second kappa shape index (κ2) is 9.21. The number of oxime groups is 1. The minimum absolute atomic E-state index is 0.102. The van der Waals surface area contributed by atoms with Gasteiger partial charge in [-0.05, 0) is 127 Å². The molecule has 7 heteroatoms. The molecule has 0 bridgehead atoms. The zero-order chi connectivity index (χ0) is 26.0. The molecule has 200 valence electrons. The largest absolute Gasteiger partial charge is 0.456 e. The number of rotatable bonds is 6. The zero-order valence-electron chi connectivity index (χ0n) is 24.6. The first-order valence-corrected chi connectivity index (χ1v) is 24.5. The molecule has 0 unspecified atom stereocenters. The van der Waals surface area contributed by atoms with Gasteiger partial charge in [-0.2, -0.15) is 0 Å². The average molecular weight is 536 g/mol. The van der Waals surface area contributed by atoms with E-state index in [1.807, 2.05) is 0 Å². The molecule has 0 aromatic rings. The van der Waals surface area contributed by atoms with Gasteiger partial charge in [0.1, 0.15) is 0 Å². The molecular formula is C28H53NO3Si3. The minimum Gasteiger partial charge on any atom is -0.456 e. The van der Waals surface area contributed by atoms with Crippen molar-refractivity contribution in [2.45, 2.75) is 130 Å². The first-order chi connectivity index (χ1) is 15.9. The fraction of sp³-hybridized carbons (Fsp3) is 0.893. The van der Waals surface area contributed by atoms with E-state index >= 15 is 0 Å².